The first-order valence-electron chi connectivity index (χ1n) is 17.5. The Labute approximate surface area is 300 Å². The van der Waals surface area contributed by atoms with E-state index in [-0.39, 0.29) is 36.1 Å². The van der Waals surface area contributed by atoms with Crippen LogP contribution in [0.3, 0.4) is 0 Å². The molecule has 52 heavy (non-hydrogen) atoms. The van der Waals surface area contributed by atoms with Crippen LogP contribution < -0.4 is 14.4 Å². The second-order valence-electron chi connectivity index (χ2n) is 14.7. The SMILES string of the molecule is C#Cc1c(F)ccc2cc(OCOC)cc(-c3ccc4c(N5CCN(C(=O)OC(C)(C)C)CC5)nc(OC[C@@]56CCCN5C[C@H](F)C6)nc4c3F)c12. The van der Waals surface area contributed by atoms with E-state index < -0.39 is 35.0 Å². The quantitative estimate of drug-likeness (QED) is 0.146. The second-order valence-corrected chi connectivity index (χ2v) is 14.7. The molecular formula is C39H42F3N5O5. The topological polar surface area (TPSA) is 89.5 Å². The van der Waals surface area contributed by atoms with Crippen molar-refractivity contribution in [2.24, 2.45) is 0 Å². The Hall–Kier alpha value is -4.80. The van der Waals surface area contributed by atoms with Crippen LogP contribution in [0.4, 0.5) is 23.8 Å². The van der Waals surface area contributed by atoms with Gasteiger partial charge in [-0.05, 0) is 75.4 Å². The highest BCUT2D eigenvalue weighted by Gasteiger charge is 2.49. The lowest BCUT2D eigenvalue weighted by Gasteiger charge is -2.36. The number of halogens is 3. The molecule has 0 bridgehead atoms. The van der Waals surface area contributed by atoms with Gasteiger partial charge in [-0.2, -0.15) is 9.97 Å². The first-order valence-corrected chi connectivity index (χ1v) is 17.5. The van der Waals surface area contributed by atoms with Gasteiger partial charge in [0.2, 0.25) is 0 Å². The van der Waals surface area contributed by atoms with Gasteiger partial charge in [0.15, 0.2) is 12.6 Å². The van der Waals surface area contributed by atoms with Gasteiger partial charge >= 0.3 is 12.1 Å². The minimum absolute atomic E-state index is 0.0105. The van der Waals surface area contributed by atoms with Crippen LogP contribution in [-0.4, -0.2) is 103 Å². The zero-order chi connectivity index (χ0) is 36.8. The fourth-order valence-corrected chi connectivity index (χ4v) is 7.69. The van der Waals surface area contributed by atoms with Crippen molar-refractivity contribution in [3.05, 3.63) is 53.6 Å². The van der Waals surface area contributed by atoms with Crippen molar-refractivity contribution >= 4 is 33.6 Å². The summed E-state index contributed by atoms with van der Waals surface area (Å²) in [7, 11) is 1.48. The van der Waals surface area contributed by atoms with Crippen molar-refractivity contribution < 1.29 is 36.9 Å². The molecule has 274 valence electrons. The van der Waals surface area contributed by atoms with Crippen LogP contribution in [0.1, 0.15) is 45.6 Å². The third-order valence-corrected chi connectivity index (χ3v) is 10.0. The van der Waals surface area contributed by atoms with Gasteiger partial charge in [0, 0.05) is 62.6 Å². The number of rotatable bonds is 8. The monoisotopic (exact) mass is 717 g/mol. The molecule has 7 rings (SSSR count). The molecule has 3 saturated heterocycles. The van der Waals surface area contributed by atoms with E-state index in [2.05, 4.69) is 15.8 Å². The number of terminal acetylenes is 1. The predicted molar refractivity (Wildman–Crippen MR) is 191 cm³/mol. The molecule has 13 heteroatoms. The molecule has 0 unspecified atom stereocenters. The fraction of sp³-hybridized carbons (Fsp3) is 0.462. The molecule has 0 spiro atoms. The molecule has 0 N–H and O–H groups in total. The lowest BCUT2D eigenvalue weighted by molar-refractivity contribution is 0.0240. The maximum Gasteiger partial charge on any atom is 0.410 e. The Morgan fingerprint density at radius 1 is 1.04 bits per heavy atom. The van der Waals surface area contributed by atoms with Crippen molar-refractivity contribution in [3.63, 3.8) is 0 Å². The summed E-state index contributed by atoms with van der Waals surface area (Å²) in [6.07, 6.45) is 6.49. The van der Waals surface area contributed by atoms with E-state index in [0.29, 0.717) is 72.4 Å². The maximum absolute atomic E-state index is 17.2. The van der Waals surface area contributed by atoms with Crippen LogP contribution in [0, 0.1) is 24.0 Å². The van der Waals surface area contributed by atoms with Crippen molar-refractivity contribution in [2.75, 3.05) is 64.7 Å². The van der Waals surface area contributed by atoms with E-state index in [0.717, 1.165) is 19.4 Å². The summed E-state index contributed by atoms with van der Waals surface area (Å²) in [6.45, 7) is 8.18. The zero-order valence-electron chi connectivity index (χ0n) is 29.8. The predicted octanol–water partition coefficient (Wildman–Crippen LogP) is 6.70. The molecule has 0 radical (unpaired) electrons. The number of carbonyl (C=O) groups is 1. The number of alkyl halides is 1. The first kappa shape index (κ1) is 35.6. The molecule has 2 atom stereocenters. The minimum atomic E-state index is -0.950. The molecule has 3 aromatic carbocycles. The highest BCUT2D eigenvalue weighted by molar-refractivity contribution is 6.04. The fourth-order valence-electron chi connectivity index (χ4n) is 7.69. The van der Waals surface area contributed by atoms with Crippen LogP contribution in [0.2, 0.25) is 0 Å². The van der Waals surface area contributed by atoms with E-state index in [1.54, 1.807) is 35.2 Å². The summed E-state index contributed by atoms with van der Waals surface area (Å²) in [6, 6.07) is 9.39. The normalized spacial score (nSPS) is 20.7. The lowest BCUT2D eigenvalue weighted by Crippen LogP contribution is -2.50. The van der Waals surface area contributed by atoms with Gasteiger partial charge in [0.1, 0.15) is 41.3 Å². The van der Waals surface area contributed by atoms with Gasteiger partial charge in [-0.25, -0.2) is 18.0 Å². The largest absolute Gasteiger partial charge is 0.468 e. The zero-order valence-corrected chi connectivity index (χ0v) is 29.8. The van der Waals surface area contributed by atoms with Gasteiger partial charge in [-0.15, -0.1) is 6.42 Å². The average Bonchev–Trinajstić information content (AvgIpc) is 3.64. The van der Waals surface area contributed by atoms with Crippen molar-refractivity contribution in [1.82, 2.24) is 19.8 Å². The molecule has 3 aliphatic rings. The number of piperazine rings is 1. The van der Waals surface area contributed by atoms with Crippen LogP contribution in [0.5, 0.6) is 11.8 Å². The van der Waals surface area contributed by atoms with Gasteiger partial charge in [-0.1, -0.05) is 18.1 Å². The summed E-state index contributed by atoms with van der Waals surface area (Å²) in [5.74, 6) is 1.93. The molecule has 4 aromatic rings. The number of amides is 1. The highest BCUT2D eigenvalue weighted by atomic mass is 19.1. The summed E-state index contributed by atoms with van der Waals surface area (Å²) in [5, 5.41) is 1.32. The number of aromatic nitrogens is 2. The molecule has 1 amide bonds. The maximum atomic E-state index is 17.2. The number of benzene rings is 3. The smallest absolute Gasteiger partial charge is 0.410 e. The lowest BCUT2D eigenvalue weighted by atomic mass is 9.93. The Kier molecular flexibility index (Phi) is 9.56. The number of nitrogens with zero attached hydrogens (tertiary/aromatic N) is 5. The van der Waals surface area contributed by atoms with Crippen LogP contribution >= 0.6 is 0 Å². The number of hydrogen-bond acceptors (Lipinski definition) is 9. The minimum Gasteiger partial charge on any atom is -0.468 e. The molecule has 3 fully saturated rings. The third-order valence-electron chi connectivity index (χ3n) is 10.0. The van der Waals surface area contributed by atoms with Gasteiger partial charge in [-0.3, -0.25) is 4.90 Å². The summed E-state index contributed by atoms with van der Waals surface area (Å²) in [5.41, 5.74) is -0.716. The van der Waals surface area contributed by atoms with Crippen molar-refractivity contribution in [1.29, 1.82) is 0 Å². The number of fused-ring (bicyclic) bond motifs is 3. The van der Waals surface area contributed by atoms with Crippen molar-refractivity contribution in [3.8, 4) is 35.2 Å². The standard InChI is InChI=1S/C39H42F3N5O5/c1-6-27-31(41)11-8-24-18-26(51-23-49-5)19-30(32(24)27)28-9-10-29-34(33(28)42)43-36(50-22-39-12-7-13-47(39)21-25(40)20-39)44-35(29)45-14-16-46(17-15-45)37(48)52-38(2,3)4/h1,8-11,18-19,25H,7,12-17,20-23H2,2-5H3/t25-,39+/m1/s1. The Bertz CT molecular complexity index is 2060. The summed E-state index contributed by atoms with van der Waals surface area (Å²) in [4.78, 5) is 27.9. The number of methoxy groups -OCH3 is 1. The Morgan fingerprint density at radius 2 is 1.83 bits per heavy atom. The van der Waals surface area contributed by atoms with Crippen molar-refractivity contribution in [2.45, 2.75) is 57.3 Å². The Morgan fingerprint density at radius 3 is 2.56 bits per heavy atom. The van der Waals surface area contributed by atoms with Gasteiger partial charge in [0.05, 0.1) is 11.1 Å². The molecule has 4 heterocycles. The average molecular weight is 718 g/mol. The van der Waals surface area contributed by atoms with E-state index >= 15 is 8.78 Å². The van der Waals surface area contributed by atoms with Crippen LogP contribution in [0.25, 0.3) is 32.8 Å². The highest BCUT2D eigenvalue weighted by Crippen LogP contribution is 2.42. The summed E-state index contributed by atoms with van der Waals surface area (Å²) < 4.78 is 69.5. The van der Waals surface area contributed by atoms with E-state index in [1.807, 2.05) is 25.7 Å². The van der Waals surface area contributed by atoms with Gasteiger partial charge in [0.25, 0.3) is 0 Å². The number of ether oxygens (including phenoxy) is 4. The molecule has 3 aliphatic heterocycles. The third kappa shape index (κ3) is 6.77. The first-order chi connectivity index (χ1) is 24.9. The number of anilines is 1. The van der Waals surface area contributed by atoms with E-state index in [9.17, 15) is 9.18 Å². The number of carbonyl (C=O) groups excluding carboxylic acids is 1. The second kappa shape index (κ2) is 14.0. The van der Waals surface area contributed by atoms with Crippen LogP contribution in [-0.2, 0) is 9.47 Å². The van der Waals surface area contributed by atoms with E-state index in [4.69, 9.17) is 30.4 Å². The van der Waals surface area contributed by atoms with Crippen LogP contribution in [0.15, 0.2) is 36.4 Å². The number of hydrogen-bond donors (Lipinski definition) is 0. The molecule has 0 saturated carbocycles. The summed E-state index contributed by atoms with van der Waals surface area (Å²) >= 11 is 0. The molecule has 0 aliphatic carbocycles. The van der Waals surface area contributed by atoms with E-state index in [1.165, 1.54) is 13.2 Å². The Balaban J connectivity index is 1.32. The van der Waals surface area contributed by atoms with Gasteiger partial charge < -0.3 is 28.7 Å². The molecule has 1 aromatic heterocycles. The molecular weight excluding hydrogens is 675 g/mol. The molecule has 10 nitrogen and oxygen atoms in total.